The average molecular weight is 240 g/mol. The normalized spacial score (nSPS) is 14.5. The van der Waals surface area contributed by atoms with Crippen LogP contribution in [0, 0.1) is 0 Å². The first-order chi connectivity index (χ1) is 8.11. The second-order valence-corrected chi connectivity index (χ2v) is 3.56. The molecule has 0 aliphatic carbocycles. The van der Waals surface area contributed by atoms with E-state index in [0.717, 1.165) is 0 Å². The van der Waals surface area contributed by atoms with Gasteiger partial charge < -0.3 is 24.4 Å². The van der Waals surface area contributed by atoms with Gasteiger partial charge in [-0.1, -0.05) is 0 Å². The first kappa shape index (κ1) is 11.5. The molecule has 0 spiro atoms. The molecule has 6 heteroatoms. The van der Waals surface area contributed by atoms with E-state index in [1.54, 1.807) is 6.07 Å². The van der Waals surface area contributed by atoms with Crippen molar-refractivity contribution in [2.24, 2.45) is 0 Å². The van der Waals surface area contributed by atoms with Crippen molar-refractivity contribution in [3.63, 3.8) is 0 Å². The van der Waals surface area contributed by atoms with Crippen molar-refractivity contribution in [3.8, 4) is 17.2 Å². The third kappa shape index (κ3) is 2.26. The van der Waals surface area contributed by atoms with Crippen LogP contribution >= 0.6 is 0 Å². The molecule has 1 aliphatic heterocycles. The van der Waals surface area contributed by atoms with Crippen molar-refractivity contribution in [3.05, 3.63) is 17.7 Å². The maximum atomic E-state index is 10.6. The zero-order chi connectivity index (χ0) is 12.4. The van der Waals surface area contributed by atoms with Crippen LogP contribution < -0.4 is 14.2 Å². The summed E-state index contributed by atoms with van der Waals surface area (Å²) in [5, 5.41) is 18.4. The molecule has 0 amide bonds. The van der Waals surface area contributed by atoms with E-state index in [1.807, 2.05) is 0 Å². The summed E-state index contributed by atoms with van der Waals surface area (Å²) >= 11 is 0. The second-order valence-electron chi connectivity index (χ2n) is 3.56. The van der Waals surface area contributed by atoms with E-state index in [4.69, 9.17) is 19.3 Å². The van der Waals surface area contributed by atoms with E-state index in [9.17, 15) is 9.90 Å². The highest BCUT2D eigenvalue weighted by Crippen LogP contribution is 2.40. The summed E-state index contributed by atoms with van der Waals surface area (Å²) in [4.78, 5) is 10.6. The van der Waals surface area contributed by atoms with Crippen molar-refractivity contribution in [1.29, 1.82) is 0 Å². The standard InChI is InChI=1S/C11H12O6/c1-15-8-4-10-9(16-5-17-10)2-6(8)7(12)3-11(13)14/h2,4,7,12H,3,5H2,1H3,(H,13,14)/t7-/m1/s1. The van der Waals surface area contributed by atoms with Crippen LogP contribution in [0.15, 0.2) is 12.1 Å². The largest absolute Gasteiger partial charge is 0.496 e. The van der Waals surface area contributed by atoms with Gasteiger partial charge in [-0.05, 0) is 6.07 Å². The van der Waals surface area contributed by atoms with Crippen molar-refractivity contribution < 1.29 is 29.2 Å². The van der Waals surface area contributed by atoms with Crippen LogP contribution in [-0.2, 0) is 4.79 Å². The number of benzene rings is 1. The average Bonchev–Trinajstić information content (AvgIpc) is 2.73. The molecule has 1 heterocycles. The first-order valence-corrected chi connectivity index (χ1v) is 4.99. The van der Waals surface area contributed by atoms with Crippen LogP contribution in [0.4, 0.5) is 0 Å². The summed E-state index contributed by atoms with van der Waals surface area (Å²) in [6, 6.07) is 3.11. The number of fused-ring (bicyclic) bond motifs is 1. The Hall–Kier alpha value is -1.95. The van der Waals surface area contributed by atoms with Crippen molar-refractivity contribution in [2.45, 2.75) is 12.5 Å². The van der Waals surface area contributed by atoms with Gasteiger partial charge in [0.1, 0.15) is 5.75 Å². The van der Waals surface area contributed by atoms with Gasteiger partial charge in [-0.25, -0.2) is 0 Å². The molecule has 0 saturated carbocycles. The van der Waals surface area contributed by atoms with E-state index in [1.165, 1.54) is 13.2 Å². The predicted octanol–water partition coefficient (Wildman–Crippen LogP) is 0.932. The Labute approximate surface area is 97.3 Å². The Morgan fingerprint density at radius 2 is 2.12 bits per heavy atom. The van der Waals surface area contributed by atoms with E-state index in [-0.39, 0.29) is 6.79 Å². The molecule has 1 aliphatic rings. The number of carboxylic acids is 1. The molecule has 0 radical (unpaired) electrons. The molecule has 1 atom stereocenters. The molecule has 92 valence electrons. The lowest BCUT2D eigenvalue weighted by Crippen LogP contribution is -2.07. The zero-order valence-electron chi connectivity index (χ0n) is 9.17. The Morgan fingerprint density at radius 3 is 2.71 bits per heavy atom. The van der Waals surface area contributed by atoms with Gasteiger partial charge in [0.15, 0.2) is 11.5 Å². The van der Waals surface area contributed by atoms with E-state index < -0.39 is 18.5 Å². The van der Waals surface area contributed by atoms with Crippen molar-refractivity contribution in [1.82, 2.24) is 0 Å². The minimum atomic E-state index is -1.14. The van der Waals surface area contributed by atoms with Crippen LogP contribution in [0.1, 0.15) is 18.1 Å². The number of carboxylic acid groups (broad SMARTS) is 1. The molecule has 0 aromatic heterocycles. The van der Waals surface area contributed by atoms with Gasteiger partial charge >= 0.3 is 5.97 Å². The fourth-order valence-corrected chi connectivity index (χ4v) is 1.65. The van der Waals surface area contributed by atoms with Crippen LogP contribution in [0.3, 0.4) is 0 Å². The minimum Gasteiger partial charge on any atom is -0.496 e. The molecule has 0 unspecified atom stereocenters. The molecule has 1 aromatic carbocycles. The Kier molecular flexibility index (Phi) is 3.06. The molecular weight excluding hydrogens is 228 g/mol. The molecule has 0 bridgehead atoms. The van der Waals surface area contributed by atoms with Gasteiger partial charge in [-0.3, -0.25) is 4.79 Å². The lowest BCUT2D eigenvalue weighted by Gasteiger charge is -2.13. The number of methoxy groups -OCH3 is 1. The van der Waals surface area contributed by atoms with Gasteiger partial charge in [0.2, 0.25) is 6.79 Å². The zero-order valence-corrected chi connectivity index (χ0v) is 9.17. The van der Waals surface area contributed by atoms with Gasteiger partial charge in [0.25, 0.3) is 0 Å². The summed E-state index contributed by atoms with van der Waals surface area (Å²) in [5.74, 6) is 0.290. The Bertz CT molecular complexity index is 442. The highest BCUT2D eigenvalue weighted by Gasteiger charge is 2.23. The number of aliphatic hydroxyl groups is 1. The molecule has 6 nitrogen and oxygen atoms in total. The molecule has 17 heavy (non-hydrogen) atoms. The molecule has 2 N–H and O–H groups in total. The molecular formula is C11H12O6. The first-order valence-electron chi connectivity index (χ1n) is 4.99. The summed E-state index contributed by atoms with van der Waals surface area (Å²) in [6.07, 6.45) is -1.53. The number of rotatable bonds is 4. The number of aliphatic carboxylic acids is 1. The van der Waals surface area contributed by atoms with Crippen LogP contribution in [-0.4, -0.2) is 30.1 Å². The monoisotopic (exact) mass is 240 g/mol. The molecule has 1 aromatic rings. The minimum absolute atomic E-state index is 0.108. The molecule has 0 saturated heterocycles. The topological polar surface area (TPSA) is 85.2 Å². The lowest BCUT2D eigenvalue weighted by atomic mass is 10.0. The number of hydrogen-bond donors (Lipinski definition) is 2. The Balaban J connectivity index is 2.35. The second kappa shape index (κ2) is 4.50. The van der Waals surface area contributed by atoms with E-state index >= 15 is 0 Å². The van der Waals surface area contributed by atoms with Gasteiger partial charge in [-0.15, -0.1) is 0 Å². The van der Waals surface area contributed by atoms with Crippen LogP contribution in [0.25, 0.3) is 0 Å². The van der Waals surface area contributed by atoms with Gasteiger partial charge in [-0.2, -0.15) is 0 Å². The third-order valence-electron chi connectivity index (χ3n) is 2.45. The Morgan fingerprint density at radius 1 is 1.47 bits per heavy atom. The summed E-state index contributed by atoms with van der Waals surface area (Å²) in [7, 11) is 1.44. The maximum absolute atomic E-state index is 10.6. The third-order valence-corrected chi connectivity index (χ3v) is 2.45. The van der Waals surface area contributed by atoms with Gasteiger partial charge in [0.05, 0.1) is 19.6 Å². The number of hydrogen-bond acceptors (Lipinski definition) is 5. The van der Waals surface area contributed by atoms with Crippen LogP contribution in [0.2, 0.25) is 0 Å². The van der Waals surface area contributed by atoms with E-state index in [0.29, 0.717) is 22.8 Å². The fourth-order valence-electron chi connectivity index (χ4n) is 1.65. The predicted molar refractivity (Wildman–Crippen MR) is 56.3 cm³/mol. The highest BCUT2D eigenvalue weighted by atomic mass is 16.7. The quantitative estimate of drug-likeness (QED) is 0.814. The highest BCUT2D eigenvalue weighted by molar-refractivity contribution is 5.68. The lowest BCUT2D eigenvalue weighted by molar-refractivity contribution is -0.139. The summed E-state index contributed by atoms with van der Waals surface area (Å²) < 4.78 is 15.4. The molecule has 0 fully saturated rings. The number of carbonyl (C=O) groups is 1. The summed E-state index contributed by atoms with van der Waals surface area (Å²) in [5.41, 5.74) is 0.374. The van der Waals surface area contributed by atoms with Crippen LogP contribution in [0.5, 0.6) is 17.2 Å². The molecule has 2 rings (SSSR count). The SMILES string of the molecule is COc1cc2c(cc1[C@H](O)CC(=O)O)OCO2. The van der Waals surface area contributed by atoms with Crippen molar-refractivity contribution in [2.75, 3.05) is 13.9 Å². The number of aliphatic hydroxyl groups excluding tert-OH is 1. The summed E-state index contributed by atoms with van der Waals surface area (Å²) in [6.45, 7) is 0.108. The van der Waals surface area contributed by atoms with Gasteiger partial charge in [0, 0.05) is 11.6 Å². The van der Waals surface area contributed by atoms with E-state index in [2.05, 4.69) is 0 Å². The fraction of sp³-hybridized carbons (Fsp3) is 0.364. The van der Waals surface area contributed by atoms with Crippen molar-refractivity contribution >= 4 is 5.97 Å². The maximum Gasteiger partial charge on any atom is 0.306 e. The number of ether oxygens (including phenoxy) is 3. The smallest absolute Gasteiger partial charge is 0.306 e.